The van der Waals surface area contributed by atoms with E-state index in [1.165, 1.54) is 6.42 Å². The summed E-state index contributed by atoms with van der Waals surface area (Å²) in [5.41, 5.74) is 0.0354. The SMILES string of the molecule is CC1CC2CC(C)(C)OC(C1)O2. The summed E-state index contributed by atoms with van der Waals surface area (Å²) in [5, 5.41) is 0. The van der Waals surface area contributed by atoms with Gasteiger partial charge in [-0.25, -0.2) is 0 Å². The molecule has 70 valence electrons. The lowest BCUT2D eigenvalue weighted by atomic mass is 9.88. The van der Waals surface area contributed by atoms with Crippen LogP contribution in [0.4, 0.5) is 0 Å². The Labute approximate surface area is 74.2 Å². The van der Waals surface area contributed by atoms with E-state index in [0.717, 1.165) is 18.8 Å². The lowest BCUT2D eigenvalue weighted by Crippen LogP contribution is -2.48. The van der Waals surface area contributed by atoms with Crippen LogP contribution in [0.15, 0.2) is 0 Å². The monoisotopic (exact) mass is 170 g/mol. The predicted octanol–water partition coefficient (Wildman–Crippen LogP) is 2.33. The smallest absolute Gasteiger partial charge is 0.158 e. The first-order valence-electron chi connectivity index (χ1n) is 4.88. The fourth-order valence-corrected chi connectivity index (χ4v) is 2.36. The Morgan fingerprint density at radius 1 is 1.25 bits per heavy atom. The standard InChI is InChI=1S/C10H18O2/c1-7-4-8-6-10(2,3)12-9(5-7)11-8/h7-9H,4-6H2,1-3H3. The minimum absolute atomic E-state index is 0.0354. The molecule has 2 heterocycles. The minimum atomic E-state index is 0.0354. The van der Waals surface area contributed by atoms with Crippen molar-refractivity contribution in [3.8, 4) is 0 Å². The van der Waals surface area contributed by atoms with Crippen LogP contribution in [-0.4, -0.2) is 18.0 Å². The number of hydrogen-bond donors (Lipinski definition) is 0. The summed E-state index contributed by atoms with van der Waals surface area (Å²) in [4.78, 5) is 0. The zero-order chi connectivity index (χ0) is 8.77. The maximum Gasteiger partial charge on any atom is 0.158 e. The van der Waals surface area contributed by atoms with Crippen LogP contribution in [0.2, 0.25) is 0 Å². The van der Waals surface area contributed by atoms with Crippen molar-refractivity contribution in [3.05, 3.63) is 0 Å². The molecule has 2 bridgehead atoms. The maximum absolute atomic E-state index is 5.79. The van der Waals surface area contributed by atoms with Gasteiger partial charge in [0.1, 0.15) is 0 Å². The summed E-state index contributed by atoms with van der Waals surface area (Å²) in [6.07, 6.45) is 3.85. The van der Waals surface area contributed by atoms with Gasteiger partial charge in [-0.1, -0.05) is 6.92 Å². The highest BCUT2D eigenvalue weighted by molar-refractivity contribution is 4.84. The van der Waals surface area contributed by atoms with E-state index in [1.807, 2.05) is 0 Å². The molecule has 2 rings (SSSR count). The van der Waals surface area contributed by atoms with Crippen molar-refractivity contribution in [1.82, 2.24) is 0 Å². The van der Waals surface area contributed by atoms with Crippen molar-refractivity contribution in [3.63, 3.8) is 0 Å². The van der Waals surface area contributed by atoms with Gasteiger partial charge in [-0.2, -0.15) is 0 Å². The molecule has 0 saturated carbocycles. The summed E-state index contributed by atoms with van der Waals surface area (Å²) in [6, 6.07) is 0. The molecule has 2 aliphatic heterocycles. The van der Waals surface area contributed by atoms with E-state index in [-0.39, 0.29) is 11.9 Å². The second-order valence-electron chi connectivity index (χ2n) is 4.85. The van der Waals surface area contributed by atoms with Gasteiger partial charge in [-0.3, -0.25) is 0 Å². The fraction of sp³-hybridized carbons (Fsp3) is 1.00. The second kappa shape index (κ2) is 2.71. The van der Waals surface area contributed by atoms with Crippen LogP contribution in [0.1, 0.15) is 40.0 Å². The topological polar surface area (TPSA) is 18.5 Å². The Kier molecular flexibility index (Phi) is 1.92. The molecule has 0 aromatic heterocycles. The van der Waals surface area contributed by atoms with Crippen LogP contribution in [0.3, 0.4) is 0 Å². The number of ether oxygens (including phenoxy) is 2. The van der Waals surface area contributed by atoms with E-state index in [0.29, 0.717) is 6.10 Å². The van der Waals surface area contributed by atoms with Gasteiger partial charge in [0, 0.05) is 12.8 Å². The van der Waals surface area contributed by atoms with Gasteiger partial charge >= 0.3 is 0 Å². The summed E-state index contributed by atoms with van der Waals surface area (Å²) in [7, 11) is 0. The first-order valence-corrected chi connectivity index (χ1v) is 4.88. The lowest BCUT2D eigenvalue weighted by molar-refractivity contribution is -0.296. The lowest BCUT2D eigenvalue weighted by Gasteiger charge is -2.45. The largest absolute Gasteiger partial charge is 0.349 e. The average Bonchev–Trinajstić information content (AvgIpc) is 1.78. The Hall–Kier alpha value is -0.0800. The highest BCUT2D eigenvalue weighted by Gasteiger charge is 2.39. The third kappa shape index (κ3) is 1.64. The van der Waals surface area contributed by atoms with Crippen LogP contribution in [-0.2, 0) is 9.47 Å². The molecule has 2 aliphatic rings. The summed E-state index contributed by atoms with van der Waals surface area (Å²) < 4.78 is 11.5. The molecule has 0 spiro atoms. The molecular formula is C10H18O2. The van der Waals surface area contributed by atoms with Gasteiger partial charge in [-0.05, 0) is 26.2 Å². The Bertz CT molecular complexity index is 157. The second-order valence-corrected chi connectivity index (χ2v) is 4.85. The maximum atomic E-state index is 5.79. The molecule has 3 unspecified atom stereocenters. The van der Waals surface area contributed by atoms with Crippen LogP contribution in [0.5, 0.6) is 0 Å². The predicted molar refractivity (Wildman–Crippen MR) is 46.8 cm³/mol. The van der Waals surface area contributed by atoms with Crippen molar-refractivity contribution in [1.29, 1.82) is 0 Å². The summed E-state index contributed by atoms with van der Waals surface area (Å²) in [6.45, 7) is 6.60. The molecule has 0 aromatic rings. The Balaban J connectivity index is 2.06. The quantitative estimate of drug-likeness (QED) is 0.555. The van der Waals surface area contributed by atoms with E-state index in [4.69, 9.17) is 9.47 Å². The number of fused-ring (bicyclic) bond motifs is 2. The van der Waals surface area contributed by atoms with E-state index < -0.39 is 0 Å². The Morgan fingerprint density at radius 3 is 2.67 bits per heavy atom. The van der Waals surface area contributed by atoms with E-state index in [2.05, 4.69) is 20.8 Å². The molecule has 0 amide bonds. The molecule has 0 aromatic carbocycles. The normalized spacial score (nSPS) is 45.8. The number of hydrogen-bond acceptors (Lipinski definition) is 2. The van der Waals surface area contributed by atoms with E-state index >= 15 is 0 Å². The molecule has 12 heavy (non-hydrogen) atoms. The first kappa shape index (κ1) is 8.52. The molecular weight excluding hydrogens is 152 g/mol. The van der Waals surface area contributed by atoms with E-state index in [9.17, 15) is 0 Å². The Morgan fingerprint density at radius 2 is 2.00 bits per heavy atom. The highest BCUT2D eigenvalue weighted by atomic mass is 16.7. The zero-order valence-electron chi connectivity index (χ0n) is 8.17. The molecule has 2 nitrogen and oxygen atoms in total. The summed E-state index contributed by atoms with van der Waals surface area (Å²) >= 11 is 0. The molecule has 2 fully saturated rings. The molecule has 0 aliphatic carbocycles. The fourth-order valence-electron chi connectivity index (χ4n) is 2.36. The average molecular weight is 170 g/mol. The third-order valence-electron chi connectivity index (χ3n) is 2.77. The van der Waals surface area contributed by atoms with Crippen LogP contribution in [0, 0.1) is 5.92 Å². The molecule has 0 radical (unpaired) electrons. The van der Waals surface area contributed by atoms with Crippen LogP contribution < -0.4 is 0 Å². The van der Waals surface area contributed by atoms with Crippen molar-refractivity contribution in [2.24, 2.45) is 5.92 Å². The van der Waals surface area contributed by atoms with Crippen LogP contribution >= 0.6 is 0 Å². The van der Waals surface area contributed by atoms with Crippen molar-refractivity contribution in [2.75, 3.05) is 0 Å². The van der Waals surface area contributed by atoms with Crippen molar-refractivity contribution < 1.29 is 9.47 Å². The van der Waals surface area contributed by atoms with Gasteiger partial charge in [-0.15, -0.1) is 0 Å². The van der Waals surface area contributed by atoms with Gasteiger partial charge in [0.25, 0.3) is 0 Å². The molecule has 2 saturated heterocycles. The van der Waals surface area contributed by atoms with Gasteiger partial charge in [0.2, 0.25) is 0 Å². The van der Waals surface area contributed by atoms with Gasteiger partial charge in [0.15, 0.2) is 6.29 Å². The first-order chi connectivity index (χ1) is 5.55. The third-order valence-corrected chi connectivity index (χ3v) is 2.77. The van der Waals surface area contributed by atoms with E-state index in [1.54, 1.807) is 0 Å². The van der Waals surface area contributed by atoms with Gasteiger partial charge in [0.05, 0.1) is 11.7 Å². The number of rotatable bonds is 0. The van der Waals surface area contributed by atoms with Gasteiger partial charge < -0.3 is 9.47 Å². The molecule has 2 heteroatoms. The minimum Gasteiger partial charge on any atom is -0.349 e. The highest BCUT2D eigenvalue weighted by Crippen LogP contribution is 2.37. The zero-order valence-corrected chi connectivity index (χ0v) is 8.17. The molecule has 0 N–H and O–H groups in total. The summed E-state index contributed by atoms with van der Waals surface area (Å²) in [5.74, 6) is 0.768. The molecule has 3 atom stereocenters. The van der Waals surface area contributed by atoms with Crippen molar-refractivity contribution in [2.45, 2.75) is 58.0 Å². The van der Waals surface area contributed by atoms with Crippen LogP contribution in [0.25, 0.3) is 0 Å². The van der Waals surface area contributed by atoms with Crippen molar-refractivity contribution >= 4 is 0 Å².